The van der Waals surface area contributed by atoms with Crippen molar-refractivity contribution in [3.05, 3.63) is 72.1 Å². The zero-order chi connectivity index (χ0) is 30.6. The number of cyclic esters (lactones) is 1. The zero-order valence-electron chi connectivity index (χ0n) is 24.0. The van der Waals surface area contributed by atoms with Crippen molar-refractivity contribution in [3.8, 4) is 28.4 Å². The quantitative estimate of drug-likeness (QED) is 0.457. The van der Waals surface area contributed by atoms with Gasteiger partial charge in [0.2, 0.25) is 5.91 Å². The van der Waals surface area contributed by atoms with E-state index >= 15 is 0 Å². The van der Waals surface area contributed by atoms with Crippen LogP contribution in [0.25, 0.3) is 11.1 Å². The number of hydrogen-bond donors (Lipinski definition) is 2. The molecule has 0 unspecified atom stereocenters. The highest BCUT2D eigenvalue weighted by Gasteiger charge is 2.39. The molecule has 13 nitrogen and oxygen atoms in total. The summed E-state index contributed by atoms with van der Waals surface area (Å²) in [6, 6.07) is 13.5. The lowest BCUT2D eigenvalue weighted by Crippen LogP contribution is -2.45. The Morgan fingerprint density at radius 1 is 1.00 bits per heavy atom. The van der Waals surface area contributed by atoms with E-state index in [9.17, 15) is 19.2 Å². The number of pyridine rings is 1. The number of benzene rings is 2. The van der Waals surface area contributed by atoms with Gasteiger partial charge in [0.15, 0.2) is 6.61 Å². The van der Waals surface area contributed by atoms with Crippen molar-refractivity contribution < 1.29 is 38.1 Å². The third kappa shape index (κ3) is 6.36. The molecular formula is C31H31N5O8. The van der Waals surface area contributed by atoms with Gasteiger partial charge in [0.1, 0.15) is 36.5 Å². The van der Waals surface area contributed by atoms with Gasteiger partial charge in [-0.05, 0) is 35.9 Å². The molecule has 3 aromatic rings. The second-order valence-electron chi connectivity index (χ2n) is 10.6. The predicted octanol–water partition coefficient (Wildman–Crippen LogP) is 1.61. The summed E-state index contributed by atoms with van der Waals surface area (Å²) in [6.07, 6.45) is 1.96. The fourth-order valence-corrected chi connectivity index (χ4v) is 5.32. The van der Waals surface area contributed by atoms with Gasteiger partial charge in [0, 0.05) is 42.7 Å². The molecule has 5 heterocycles. The first-order chi connectivity index (χ1) is 21.4. The van der Waals surface area contributed by atoms with E-state index in [1.54, 1.807) is 53.6 Å². The molecule has 4 aliphatic heterocycles. The van der Waals surface area contributed by atoms with Crippen LogP contribution in [-0.4, -0.2) is 97.2 Å². The summed E-state index contributed by atoms with van der Waals surface area (Å²) in [4.78, 5) is 58.4. The topological polar surface area (TPSA) is 149 Å². The van der Waals surface area contributed by atoms with Crippen LogP contribution in [0.2, 0.25) is 0 Å². The van der Waals surface area contributed by atoms with E-state index in [0.29, 0.717) is 34.9 Å². The smallest absolute Gasteiger partial charge is 0.410 e. The average molecular weight is 602 g/mol. The van der Waals surface area contributed by atoms with Crippen molar-refractivity contribution in [1.29, 1.82) is 0 Å². The van der Waals surface area contributed by atoms with Gasteiger partial charge in [-0.25, -0.2) is 4.79 Å². The Balaban J connectivity index is 1.30. The van der Waals surface area contributed by atoms with E-state index in [0.717, 1.165) is 11.1 Å². The number of ether oxygens (including phenoxy) is 4. The maximum Gasteiger partial charge on any atom is 0.410 e. The van der Waals surface area contributed by atoms with Gasteiger partial charge < -0.3 is 34.5 Å². The van der Waals surface area contributed by atoms with Gasteiger partial charge in [-0.1, -0.05) is 12.1 Å². The normalized spacial score (nSPS) is 20.1. The molecular weight excluding hydrogens is 570 g/mol. The lowest BCUT2D eigenvalue weighted by Gasteiger charge is -2.22. The Labute approximate surface area is 253 Å². The Morgan fingerprint density at radius 2 is 1.86 bits per heavy atom. The molecule has 228 valence electrons. The Morgan fingerprint density at radius 3 is 2.68 bits per heavy atom. The van der Waals surface area contributed by atoms with Crippen LogP contribution in [0.3, 0.4) is 0 Å². The number of aromatic nitrogens is 1. The molecule has 7 rings (SSSR count). The van der Waals surface area contributed by atoms with Crippen LogP contribution < -0.4 is 24.8 Å². The highest BCUT2D eigenvalue weighted by molar-refractivity contribution is 5.95. The summed E-state index contributed by atoms with van der Waals surface area (Å²) in [5.74, 6) is 0.456. The summed E-state index contributed by atoms with van der Waals surface area (Å²) in [5.41, 5.74) is 2.48. The number of amides is 4. The molecule has 4 aliphatic rings. The summed E-state index contributed by atoms with van der Waals surface area (Å²) in [7, 11) is 1.52. The predicted molar refractivity (Wildman–Crippen MR) is 155 cm³/mol. The summed E-state index contributed by atoms with van der Waals surface area (Å²) in [5, 5.41) is 5.86. The molecule has 0 aliphatic carbocycles. The lowest BCUT2D eigenvalue weighted by atomic mass is 10.1. The first-order valence-electron chi connectivity index (χ1n) is 14.1. The number of fused-ring (bicyclic) bond motifs is 7. The Kier molecular flexibility index (Phi) is 8.17. The Bertz CT molecular complexity index is 1600. The fraction of sp³-hybridized carbons (Fsp3) is 0.323. The van der Waals surface area contributed by atoms with E-state index in [1.807, 2.05) is 6.07 Å². The minimum Gasteiger partial charge on any atom is -0.496 e. The monoisotopic (exact) mass is 601 g/mol. The number of nitrogens with one attached hydrogen (secondary N) is 2. The standard InChI is InChI=1S/C31H31N5O8/c1-41-26-11-24-6-5-20(26)14-33-28(37)18-43-23-4-2-3-19(10-23)21-9-22(13-32-12-21)30(39)34-25-15-36(16-27(25)44-24)29(38)17-35-7-8-42-31(35)40/h2-6,9-13,25,27H,7-8,14-18H2,1H3,(H,33,37)(H,34,39)/t25-,27-/m0/s1. The van der Waals surface area contributed by atoms with Crippen LogP contribution >= 0.6 is 0 Å². The first-order valence-corrected chi connectivity index (χ1v) is 14.1. The molecule has 2 aromatic carbocycles. The summed E-state index contributed by atoms with van der Waals surface area (Å²) < 4.78 is 22.6. The van der Waals surface area contributed by atoms with E-state index < -0.39 is 18.2 Å². The van der Waals surface area contributed by atoms with E-state index in [-0.39, 0.29) is 57.1 Å². The number of likely N-dealkylation sites (tertiary alicyclic amines) is 1. The molecule has 2 saturated heterocycles. The van der Waals surface area contributed by atoms with Crippen LogP contribution in [0.1, 0.15) is 15.9 Å². The number of nitrogens with zero attached hydrogens (tertiary/aromatic N) is 3. The molecule has 6 bridgehead atoms. The molecule has 2 atom stereocenters. The molecule has 1 aromatic heterocycles. The number of carbonyl (C=O) groups excluding carboxylic acids is 4. The van der Waals surface area contributed by atoms with Gasteiger partial charge >= 0.3 is 6.09 Å². The third-order valence-corrected chi connectivity index (χ3v) is 7.67. The zero-order valence-corrected chi connectivity index (χ0v) is 24.0. The lowest BCUT2D eigenvalue weighted by molar-refractivity contribution is -0.131. The van der Waals surface area contributed by atoms with Crippen LogP contribution in [0.5, 0.6) is 17.2 Å². The SMILES string of the molecule is COc1cc2ccc1CNC(=O)COc1cccc(c1)-c1cncc(c1)C(=O)N[C@H]1CN(C(=O)CN3CCOC3=O)C[C@@H]1O2. The minimum atomic E-state index is -0.612. The van der Waals surface area contributed by atoms with E-state index in [2.05, 4.69) is 15.6 Å². The van der Waals surface area contributed by atoms with Crippen molar-refractivity contribution in [1.82, 2.24) is 25.4 Å². The molecule has 0 spiro atoms. The largest absolute Gasteiger partial charge is 0.496 e. The van der Waals surface area contributed by atoms with Crippen molar-refractivity contribution >= 4 is 23.8 Å². The van der Waals surface area contributed by atoms with Gasteiger partial charge in [0.25, 0.3) is 11.8 Å². The van der Waals surface area contributed by atoms with Gasteiger partial charge in [-0.2, -0.15) is 0 Å². The van der Waals surface area contributed by atoms with Crippen molar-refractivity contribution in [3.63, 3.8) is 0 Å². The van der Waals surface area contributed by atoms with Crippen molar-refractivity contribution in [2.75, 3.05) is 46.5 Å². The highest BCUT2D eigenvalue weighted by atomic mass is 16.6. The van der Waals surface area contributed by atoms with E-state index in [1.165, 1.54) is 18.2 Å². The highest BCUT2D eigenvalue weighted by Crippen LogP contribution is 2.28. The van der Waals surface area contributed by atoms with Crippen molar-refractivity contribution in [2.24, 2.45) is 0 Å². The maximum absolute atomic E-state index is 13.5. The summed E-state index contributed by atoms with van der Waals surface area (Å²) >= 11 is 0. The summed E-state index contributed by atoms with van der Waals surface area (Å²) in [6.45, 7) is 0.809. The second kappa shape index (κ2) is 12.5. The van der Waals surface area contributed by atoms with Crippen LogP contribution in [0.4, 0.5) is 4.79 Å². The number of methoxy groups -OCH3 is 1. The molecule has 2 fully saturated rings. The van der Waals surface area contributed by atoms with Crippen LogP contribution in [-0.2, 0) is 20.9 Å². The van der Waals surface area contributed by atoms with Crippen LogP contribution in [0, 0.1) is 0 Å². The number of rotatable bonds is 3. The molecule has 0 radical (unpaired) electrons. The third-order valence-electron chi connectivity index (χ3n) is 7.67. The molecule has 2 N–H and O–H groups in total. The average Bonchev–Trinajstić information content (AvgIpc) is 3.63. The maximum atomic E-state index is 13.5. The first kappa shape index (κ1) is 28.8. The second-order valence-corrected chi connectivity index (χ2v) is 10.6. The fourth-order valence-electron chi connectivity index (χ4n) is 5.32. The molecule has 0 saturated carbocycles. The van der Waals surface area contributed by atoms with E-state index in [4.69, 9.17) is 18.9 Å². The Hall–Kier alpha value is -5.33. The van der Waals surface area contributed by atoms with Gasteiger partial charge in [0.05, 0.1) is 31.8 Å². The molecule has 44 heavy (non-hydrogen) atoms. The molecule has 4 amide bonds. The van der Waals surface area contributed by atoms with Crippen molar-refractivity contribution in [2.45, 2.75) is 18.7 Å². The van der Waals surface area contributed by atoms with Gasteiger partial charge in [-0.15, -0.1) is 0 Å². The number of carbonyl (C=O) groups is 4. The molecule has 13 heteroatoms. The number of hydrogen-bond acceptors (Lipinski definition) is 9. The van der Waals surface area contributed by atoms with Gasteiger partial charge in [-0.3, -0.25) is 24.3 Å². The minimum absolute atomic E-state index is 0.130. The van der Waals surface area contributed by atoms with Crippen LogP contribution in [0.15, 0.2) is 60.9 Å².